The van der Waals surface area contributed by atoms with E-state index in [2.05, 4.69) is 14.8 Å². The van der Waals surface area contributed by atoms with Crippen LogP contribution in [0.3, 0.4) is 0 Å². The van der Waals surface area contributed by atoms with Crippen LogP contribution in [0.25, 0.3) is 0 Å². The van der Waals surface area contributed by atoms with Gasteiger partial charge in [-0.15, -0.1) is 10.2 Å². The first-order valence-corrected chi connectivity index (χ1v) is 7.14. The lowest BCUT2D eigenvalue weighted by molar-refractivity contribution is 0.189. The van der Waals surface area contributed by atoms with Crippen LogP contribution < -0.4 is 0 Å². The van der Waals surface area contributed by atoms with E-state index >= 15 is 0 Å². The van der Waals surface area contributed by atoms with Gasteiger partial charge in [0.1, 0.15) is 11.6 Å². The lowest BCUT2D eigenvalue weighted by atomic mass is 9.99. The van der Waals surface area contributed by atoms with Crippen LogP contribution in [0.15, 0.2) is 0 Å². The van der Waals surface area contributed by atoms with Crippen molar-refractivity contribution in [3.8, 4) is 0 Å². The van der Waals surface area contributed by atoms with Gasteiger partial charge in [0.05, 0.1) is 0 Å². The van der Waals surface area contributed by atoms with Crippen molar-refractivity contribution < 1.29 is 5.11 Å². The van der Waals surface area contributed by atoms with Crippen molar-refractivity contribution in [2.24, 2.45) is 5.92 Å². The number of aliphatic hydroxyl groups is 1. The molecule has 5 heteroatoms. The molecule has 1 saturated heterocycles. The number of fused-ring (bicyclic) bond motifs is 1. The molecule has 1 aromatic heterocycles. The summed E-state index contributed by atoms with van der Waals surface area (Å²) in [5, 5.41) is 17.9. The highest BCUT2D eigenvalue weighted by Crippen LogP contribution is 2.33. The van der Waals surface area contributed by atoms with Crippen LogP contribution >= 0.6 is 11.8 Å². The van der Waals surface area contributed by atoms with Crippen molar-refractivity contribution in [3.63, 3.8) is 0 Å². The molecule has 2 unspecified atom stereocenters. The van der Waals surface area contributed by atoms with Crippen LogP contribution in [0.4, 0.5) is 0 Å². The summed E-state index contributed by atoms with van der Waals surface area (Å²) >= 11 is 2.01. The lowest BCUT2D eigenvalue weighted by Crippen LogP contribution is -2.25. The SMILES string of the molecule is OCC1CCc2nnc(C3CCSC3)n2C1. The summed E-state index contributed by atoms with van der Waals surface area (Å²) in [4.78, 5) is 0. The molecule has 0 amide bonds. The van der Waals surface area contributed by atoms with Crippen molar-refractivity contribution in [1.29, 1.82) is 0 Å². The van der Waals surface area contributed by atoms with Gasteiger partial charge in [0.15, 0.2) is 0 Å². The minimum atomic E-state index is 0.288. The number of nitrogens with zero attached hydrogens (tertiary/aromatic N) is 3. The number of thioether (sulfide) groups is 1. The average molecular weight is 239 g/mol. The summed E-state index contributed by atoms with van der Waals surface area (Å²) in [6, 6.07) is 0. The van der Waals surface area contributed by atoms with E-state index in [0.29, 0.717) is 11.8 Å². The van der Waals surface area contributed by atoms with Gasteiger partial charge in [-0.3, -0.25) is 0 Å². The van der Waals surface area contributed by atoms with Crippen LogP contribution in [0.5, 0.6) is 0 Å². The van der Waals surface area contributed by atoms with Crippen LogP contribution in [-0.2, 0) is 13.0 Å². The van der Waals surface area contributed by atoms with Gasteiger partial charge in [-0.1, -0.05) is 0 Å². The van der Waals surface area contributed by atoms with E-state index in [1.54, 1.807) is 0 Å². The molecule has 2 aliphatic rings. The second-order valence-electron chi connectivity index (χ2n) is 4.73. The van der Waals surface area contributed by atoms with Gasteiger partial charge in [-0.2, -0.15) is 11.8 Å². The van der Waals surface area contributed by atoms with E-state index in [0.717, 1.165) is 31.0 Å². The van der Waals surface area contributed by atoms with E-state index in [9.17, 15) is 5.11 Å². The summed E-state index contributed by atoms with van der Waals surface area (Å²) in [6.45, 7) is 1.20. The summed E-state index contributed by atoms with van der Waals surface area (Å²) < 4.78 is 2.26. The molecular formula is C11H17N3OS. The molecule has 3 rings (SSSR count). The highest BCUT2D eigenvalue weighted by atomic mass is 32.2. The number of aromatic nitrogens is 3. The Bertz CT molecular complexity index is 373. The third kappa shape index (κ3) is 1.76. The number of rotatable bonds is 2. The van der Waals surface area contributed by atoms with Crippen LogP contribution in [0.1, 0.15) is 30.4 Å². The smallest absolute Gasteiger partial charge is 0.137 e. The molecule has 0 radical (unpaired) electrons. The van der Waals surface area contributed by atoms with E-state index < -0.39 is 0 Å². The van der Waals surface area contributed by atoms with Crippen molar-refractivity contribution in [2.75, 3.05) is 18.1 Å². The predicted octanol–water partition coefficient (Wildman–Crippen LogP) is 1.05. The van der Waals surface area contributed by atoms with Crippen molar-refractivity contribution >= 4 is 11.8 Å². The lowest BCUT2D eigenvalue weighted by Gasteiger charge is -2.23. The molecule has 1 N–H and O–H groups in total. The molecule has 0 saturated carbocycles. The molecule has 1 aromatic rings. The predicted molar refractivity (Wildman–Crippen MR) is 63.6 cm³/mol. The number of hydrogen-bond donors (Lipinski definition) is 1. The zero-order valence-corrected chi connectivity index (χ0v) is 10.1. The molecule has 0 aromatic carbocycles. The summed E-state index contributed by atoms with van der Waals surface area (Å²) in [5.74, 6) is 5.70. The Morgan fingerprint density at radius 2 is 2.31 bits per heavy atom. The molecule has 88 valence electrons. The zero-order valence-electron chi connectivity index (χ0n) is 9.30. The first-order valence-electron chi connectivity index (χ1n) is 5.99. The maximum absolute atomic E-state index is 9.25. The van der Waals surface area contributed by atoms with Gasteiger partial charge in [0, 0.05) is 37.2 Å². The van der Waals surface area contributed by atoms with E-state index in [4.69, 9.17) is 0 Å². The Hall–Kier alpha value is -0.550. The first-order chi connectivity index (χ1) is 7.88. The second kappa shape index (κ2) is 4.37. The fourth-order valence-electron chi connectivity index (χ4n) is 2.60. The Balaban J connectivity index is 1.87. The molecule has 16 heavy (non-hydrogen) atoms. The van der Waals surface area contributed by atoms with Crippen molar-refractivity contribution in [1.82, 2.24) is 14.8 Å². The molecule has 0 spiro atoms. The van der Waals surface area contributed by atoms with Gasteiger partial charge < -0.3 is 9.67 Å². The highest BCUT2D eigenvalue weighted by Gasteiger charge is 2.28. The van der Waals surface area contributed by atoms with Crippen molar-refractivity contribution in [2.45, 2.75) is 31.7 Å². The van der Waals surface area contributed by atoms with Gasteiger partial charge >= 0.3 is 0 Å². The molecule has 2 atom stereocenters. The molecule has 2 aliphatic heterocycles. The summed E-state index contributed by atoms with van der Waals surface area (Å²) in [6.07, 6.45) is 3.25. The Kier molecular flexibility index (Phi) is 2.90. The molecule has 0 bridgehead atoms. The number of aliphatic hydroxyl groups excluding tert-OH is 1. The van der Waals surface area contributed by atoms with Crippen molar-refractivity contribution in [3.05, 3.63) is 11.6 Å². The molecule has 0 aliphatic carbocycles. The minimum absolute atomic E-state index is 0.288. The van der Waals surface area contributed by atoms with Gasteiger partial charge in [0.2, 0.25) is 0 Å². The van der Waals surface area contributed by atoms with Gasteiger partial charge in [-0.25, -0.2) is 0 Å². The molecule has 1 fully saturated rings. The number of aryl methyl sites for hydroxylation is 1. The van der Waals surface area contributed by atoms with E-state index in [1.165, 1.54) is 17.9 Å². The monoisotopic (exact) mass is 239 g/mol. The minimum Gasteiger partial charge on any atom is -0.396 e. The fraction of sp³-hybridized carbons (Fsp3) is 0.818. The zero-order chi connectivity index (χ0) is 11.0. The topological polar surface area (TPSA) is 50.9 Å². The van der Waals surface area contributed by atoms with Crippen LogP contribution in [0.2, 0.25) is 0 Å². The largest absolute Gasteiger partial charge is 0.396 e. The summed E-state index contributed by atoms with van der Waals surface area (Å²) in [5.41, 5.74) is 0. The van der Waals surface area contributed by atoms with Gasteiger partial charge in [-0.05, 0) is 18.6 Å². The molecular weight excluding hydrogens is 222 g/mol. The maximum atomic E-state index is 9.25. The highest BCUT2D eigenvalue weighted by molar-refractivity contribution is 7.99. The fourth-order valence-corrected chi connectivity index (χ4v) is 3.82. The van der Waals surface area contributed by atoms with E-state index in [1.807, 2.05) is 11.8 Å². The summed E-state index contributed by atoms with van der Waals surface area (Å²) in [7, 11) is 0. The Morgan fingerprint density at radius 3 is 3.06 bits per heavy atom. The maximum Gasteiger partial charge on any atom is 0.137 e. The van der Waals surface area contributed by atoms with Crippen LogP contribution in [0, 0.1) is 5.92 Å². The number of hydrogen-bond acceptors (Lipinski definition) is 4. The normalized spacial score (nSPS) is 29.3. The third-order valence-corrected chi connectivity index (χ3v) is 4.79. The van der Waals surface area contributed by atoms with Gasteiger partial charge in [0.25, 0.3) is 0 Å². The first kappa shape index (κ1) is 10.6. The van der Waals surface area contributed by atoms with E-state index in [-0.39, 0.29) is 6.61 Å². The average Bonchev–Trinajstić information content (AvgIpc) is 2.96. The molecule has 3 heterocycles. The Morgan fingerprint density at radius 1 is 1.38 bits per heavy atom. The third-order valence-electron chi connectivity index (χ3n) is 3.63. The Labute approximate surface area is 99.4 Å². The second-order valence-corrected chi connectivity index (χ2v) is 5.88. The standard InChI is InChI=1S/C11H17N3OS/c15-6-8-1-2-10-12-13-11(14(10)5-8)9-3-4-16-7-9/h8-9,15H,1-7H2. The molecule has 4 nitrogen and oxygen atoms in total. The quantitative estimate of drug-likeness (QED) is 0.838. The van der Waals surface area contributed by atoms with Crippen LogP contribution in [-0.4, -0.2) is 38.0 Å².